The third-order valence-electron chi connectivity index (χ3n) is 4.47. The van der Waals surface area contributed by atoms with Gasteiger partial charge in [0.05, 0.1) is 6.21 Å². The number of rotatable bonds is 4. The van der Waals surface area contributed by atoms with Crippen LogP contribution in [-0.4, -0.2) is 16.7 Å². The first-order valence-electron chi connectivity index (χ1n) is 8.49. The first-order chi connectivity index (χ1) is 12.0. The van der Waals surface area contributed by atoms with Crippen LogP contribution in [0.4, 0.5) is 0 Å². The Labute approximate surface area is 148 Å². The molecule has 128 valence electrons. The summed E-state index contributed by atoms with van der Waals surface area (Å²) < 4.78 is 2.29. The summed E-state index contributed by atoms with van der Waals surface area (Å²) >= 11 is 0. The van der Waals surface area contributed by atoms with Gasteiger partial charge in [-0.25, -0.2) is 5.43 Å². The molecule has 1 aromatic heterocycles. The highest BCUT2D eigenvalue weighted by molar-refractivity contribution is 6.02. The molecule has 3 rings (SSSR count). The van der Waals surface area contributed by atoms with Crippen LogP contribution in [0.15, 0.2) is 53.6 Å². The van der Waals surface area contributed by atoms with Gasteiger partial charge in [-0.2, -0.15) is 5.10 Å². The van der Waals surface area contributed by atoms with Crippen LogP contribution < -0.4 is 5.43 Å². The average molecular weight is 333 g/mol. The van der Waals surface area contributed by atoms with Crippen molar-refractivity contribution in [1.82, 2.24) is 9.99 Å². The van der Waals surface area contributed by atoms with Gasteiger partial charge in [-0.15, -0.1) is 0 Å². The van der Waals surface area contributed by atoms with Crippen molar-refractivity contribution in [1.29, 1.82) is 0 Å². The number of hydrazone groups is 1. The lowest BCUT2D eigenvalue weighted by molar-refractivity contribution is 0.0954. The maximum absolute atomic E-state index is 12.3. The molecule has 0 fully saturated rings. The van der Waals surface area contributed by atoms with E-state index >= 15 is 0 Å². The van der Waals surface area contributed by atoms with Crippen molar-refractivity contribution >= 4 is 23.0 Å². The molecule has 25 heavy (non-hydrogen) atoms. The summed E-state index contributed by atoms with van der Waals surface area (Å²) in [5.41, 5.74) is 7.58. The van der Waals surface area contributed by atoms with Crippen LogP contribution in [0.3, 0.4) is 0 Å². The molecule has 0 radical (unpaired) electrons. The summed E-state index contributed by atoms with van der Waals surface area (Å²) in [6, 6.07) is 16.1. The average Bonchev–Trinajstić information content (AvgIpc) is 2.87. The summed E-state index contributed by atoms with van der Waals surface area (Å²) in [6.45, 7) is 8.34. The van der Waals surface area contributed by atoms with Crippen LogP contribution >= 0.6 is 0 Å². The molecule has 0 spiro atoms. The predicted octanol–water partition coefficient (Wildman–Crippen LogP) is 4.60. The van der Waals surface area contributed by atoms with Crippen LogP contribution in [-0.2, 0) is 0 Å². The van der Waals surface area contributed by atoms with E-state index in [9.17, 15) is 4.79 Å². The molecular weight excluding hydrogens is 310 g/mol. The Morgan fingerprint density at radius 3 is 2.48 bits per heavy atom. The molecule has 0 aliphatic carbocycles. The van der Waals surface area contributed by atoms with Crippen molar-refractivity contribution < 1.29 is 4.79 Å². The Balaban J connectivity index is 1.91. The quantitative estimate of drug-likeness (QED) is 0.550. The summed E-state index contributed by atoms with van der Waals surface area (Å²) in [4.78, 5) is 12.3. The molecule has 2 aromatic carbocycles. The van der Waals surface area contributed by atoms with Crippen molar-refractivity contribution in [2.24, 2.45) is 5.10 Å². The van der Waals surface area contributed by atoms with Gasteiger partial charge in [-0.1, -0.05) is 36.4 Å². The van der Waals surface area contributed by atoms with Crippen LogP contribution in [0.2, 0.25) is 0 Å². The highest BCUT2D eigenvalue weighted by atomic mass is 16.2. The lowest BCUT2D eigenvalue weighted by Gasteiger charge is -2.12. The highest BCUT2D eigenvalue weighted by Gasteiger charge is 2.14. The van der Waals surface area contributed by atoms with Gasteiger partial charge in [-0.05, 0) is 45.4 Å². The smallest absolute Gasteiger partial charge is 0.271 e. The fourth-order valence-electron chi connectivity index (χ4n) is 3.29. The van der Waals surface area contributed by atoms with Crippen molar-refractivity contribution in [3.05, 3.63) is 70.9 Å². The third-order valence-corrected chi connectivity index (χ3v) is 4.47. The number of benzene rings is 2. The van der Waals surface area contributed by atoms with Crippen molar-refractivity contribution in [2.75, 3.05) is 0 Å². The first-order valence-corrected chi connectivity index (χ1v) is 8.49. The number of hydrogen-bond donors (Lipinski definition) is 1. The van der Waals surface area contributed by atoms with Crippen molar-refractivity contribution in [2.45, 2.75) is 33.7 Å². The van der Waals surface area contributed by atoms with E-state index < -0.39 is 0 Å². The Morgan fingerprint density at radius 2 is 1.76 bits per heavy atom. The SMILES string of the molecule is Cc1ccccc1C(=O)N/N=C\c1c(C)n(C(C)C)c2ccccc12. The molecule has 0 bridgehead atoms. The second-order valence-corrected chi connectivity index (χ2v) is 6.49. The lowest BCUT2D eigenvalue weighted by Crippen LogP contribution is -2.18. The number of carbonyl (C=O) groups excluding carboxylic acids is 1. The number of nitrogens with zero attached hydrogens (tertiary/aromatic N) is 2. The maximum atomic E-state index is 12.3. The van der Waals surface area contributed by atoms with Gasteiger partial charge >= 0.3 is 0 Å². The van der Waals surface area contributed by atoms with E-state index in [1.54, 1.807) is 12.3 Å². The molecule has 0 aliphatic rings. The van der Waals surface area contributed by atoms with Gasteiger partial charge in [0, 0.05) is 33.8 Å². The second-order valence-electron chi connectivity index (χ2n) is 6.49. The fourth-order valence-corrected chi connectivity index (χ4v) is 3.29. The minimum absolute atomic E-state index is 0.195. The zero-order chi connectivity index (χ0) is 18.0. The van der Waals surface area contributed by atoms with E-state index in [1.807, 2.05) is 37.3 Å². The van der Waals surface area contributed by atoms with Gasteiger partial charge in [-0.3, -0.25) is 4.79 Å². The third kappa shape index (κ3) is 3.20. The number of hydrogen-bond acceptors (Lipinski definition) is 2. The van der Waals surface area contributed by atoms with Gasteiger partial charge in [0.25, 0.3) is 5.91 Å². The van der Waals surface area contributed by atoms with Crippen LogP contribution in [0.1, 0.15) is 47.1 Å². The largest absolute Gasteiger partial charge is 0.342 e. The number of aryl methyl sites for hydroxylation is 1. The Bertz CT molecular complexity index is 951. The molecule has 4 nitrogen and oxygen atoms in total. The number of carbonyl (C=O) groups is 1. The van der Waals surface area contributed by atoms with Crippen molar-refractivity contribution in [3.8, 4) is 0 Å². The Morgan fingerprint density at radius 1 is 1.08 bits per heavy atom. The van der Waals surface area contributed by atoms with Gasteiger partial charge in [0.15, 0.2) is 0 Å². The molecule has 0 atom stereocenters. The molecule has 3 aromatic rings. The minimum Gasteiger partial charge on any atom is -0.342 e. The summed E-state index contributed by atoms with van der Waals surface area (Å²) in [5, 5.41) is 5.35. The Hall–Kier alpha value is -2.88. The summed E-state index contributed by atoms with van der Waals surface area (Å²) in [6.07, 6.45) is 1.74. The van der Waals surface area contributed by atoms with E-state index in [0.29, 0.717) is 11.6 Å². The van der Waals surface area contributed by atoms with E-state index in [0.717, 1.165) is 22.2 Å². The summed E-state index contributed by atoms with van der Waals surface area (Å²) in [7, 11) is 0. The molecule has 0 unspecified atom stereocenters. The maximum Gasteiger partial charge on any atom is 0.271 e. The number of nitrogens with one attached hydrogen (secondary N) is 1. The number of fused-ring (bicyclic) bond motifs is 1. The monoisotopic (exact) mass is 333 g/mol. The lowest BCUT2D eigenvalue weighted by atomic mass is 10.1. The predicted molar refractivity (Wildman–Crippen MR) is 103 cm³/mol. The molecule has 1 heterocycles. The topological polar surface area (TPSA) is 46.4 Å². The number of para-hydroxylation sites is 1. The first kappa shape index (κ1) is 17.0. The fraction of sp³-hybridized carbons (Fsp3) is 0.238. The van der Waals surface area contributed by atoms with Crippen LogP contribution in [0, 0.1) is 13.8 Å². The van der Waals surface area contributed by atoms with E-state index in [-0.39, 0.29) is 5.91 Å². The van der Waals surface area contributed by atoms with Crippen molar-refractivity contribution in [3.63, 3.8) is 0 Å². The standard InChI is InChI=1S/C21H23N3O/c1-14(2)24-16(4)19(18-11-7-8-12-20(18)24)13-22-23-21(25)17-10-6-5-9-15(17)3/h5-14H,1-4H3,(H,23,25)/b22-13-. The normalized spacial score (nSPS) is 11.6. The zero-order valence-electron chi connectivity index (χ0n) is 15.1. The summed E-state index contributed by atoms with van der Waals surface area (Å²) in [5.74, 6) is -0.195. The minimum atomic E-state index is -0.195. The van der Waals surface area contributed by atoms with Gasteiger partial charge in [0.1, 0.15) is 0 Å². The van der Waals surface area contributed by atoms with E-state index in [1.165, 1.54) is 5.52 Å². The molecular formula is C21H23N3O. The zero-order valence-corrected chi connectivity index (χ0v) is 15.1. The molecule has 4 heteroatoms. The van der Waals surface area contributed by atoms with Gasteiger partial charge < -0.3 is 4.57 Å². The number of amides is 1. The molecule has 1 N–H and O–H groups in total. The molecule has 0 saturated heterocycles. The van der Waals surface area contributed by atoms with Crippen LogP contribution in [0.25, 0.3) is 10.9 Å². The van der Waals surface area contributed by atoms with E-state index in [2.05, 4.69) is 48.0 Å². The molecule has 1 amide bonds. The number of aromatic nitrogens is 1. The molecule has 0 aliphatic heterocycles. The molecule has 0 saturated carbocycles. The van der Waals surface area contributed by atoms with E-state index in [4.69, 9.17) is 0 Å². The van der Waals surface area contributed by atoms with Gasteiger partial charge in [0.2, 0.25) is 0 Å². The second kappa shape index (κ2) is 6.93. The highest BCUT2D eigenvalue weighted by Crippen LogP contribution is 2.27. The Kier molecular flexibility index (Phi) is 4.70. The van der Waals surface area contributed by atoms with Crippen LogP contribution in [0.5, 0.6) is 0 Å².